The fraction of sp³-hybridized carbons (Fsp3) is 0.105. The molecule has 1 heterocycles. The van der Waals surface area contributed by atoms with E-state index in [9.17, 15) is 19.5 Å². The summed E-state index contributed by atoms with van der Waals surface area (Å²) in [6.45, 7) is 0. The van der Waals surface area contributed by atoms with E-state index in [1.807, 2.05) is 0 Å². The Morgan fingerprint density at radius 2 is 1.75 bits per heavy atom. The maximum Gasteiger partial charge on any atom is 0.335 e. The smallest absolute Gasteiger partial charge is 0.335 e. The first-order chi connectivity index (χ1) is 13.3. The lowest BCUT2D eigenvalue weighted by molar-refractivity contribution is -0.122. The molecule has 1 aliphatic rings. The lowest BCUT2D eigenvalue weighted by atomic mass is 10.1. The second kappa shape index (κ2) is 7.73. The number of nitrogens with zero attached hydrogens (tertiary/aromatic N) is 1. The Morgan fingerprint density at radius 3 is 2.36 bits per heavy atom. The van der Waals surface area contributed by atoms with E-state index in [0.29, 0.717) is 10.2 Å². The molecule has 0 aliphatic carbocycles. The van der Waals surface area contributed by atoms with E-state index in [2.05, 4.69) is 21.2 Å². The molecule has 0 atom stereocenters. The van der Waals surface area contributed by atoms with Crippen LogP contribution in [0.15, 0.2) is 46.4 Å². The first-order valence-electron chi connectivity index (χ1n) is 7.97. The molecule has 0 saturated carbocycles. The zero-order chi connectivity index (χ0) is 20.4. The van der Waals surface area contributed by atoms with Gasteiger partial charge in [0.2, 0.25) is 0 Å². The number of carbonyl (C=O) groups is 3. The van der Waals surface area contributed by atoms with Crippen LogP contribution < -0.4 is 19.7 Å². The van der Waals surface area contributed by atoms with E-state index in [0.717, 1.165) is 4.90 Å². The minimum atomic E-state index is -0.867. The number of urea groups is 1. The molecule has 1 fully saturated rings. The largest absolute Gasteiger partial charge is 0.504 e. The summed E-state index contributed by atoms with van der Waals surface area (Å²) in [5.74, 6) is -1.22. The van der Waals surface area contributed by atoms with Crippen LogP contribution in [0.1, 0.15) is 5.56 Å². The SMILES string of the molecule is COc1ccc(N2C(=O)NC(=O)C(=Cc3cc(Br)cc(OC)c3O)C2=O)cc1. The molecule has 28 heavy (non-hydrogen) atoms. The molecule has 0 bridgehead atoms. The second-order valence-electron chi connectivity index (χ2n) is 5.70. The number of halogens is 1. The quantitative estimate of drug-likeness (QED) is 0.552. The highest BCUT2D eigenvalue weighted by Crippen LogP contribution is 2.35. The monoisotopic (exact) mass is 446 g/mol. The van der Waals surface area contributed by atoms with Crippen LogP contribution in [-0.4, -0.2) is 37.2 Å². The Morgan fingerprint density at radius 1 is 1.07 bits per heavy atom. The van der Waals surface area contributed by atoms with Crippen LogP contribution in [0.3, 0.4) is 0 Å². The number of methoxy groups -OCH3 is 2. The molecule has 1 saturated heterocycles. The van der Waals surface area contributed by atoms with Crippen molar-refractivity contribution in [1.29, 1.82) is 0 Å². The summed E-state index contributed by atoms with van der Waals surface area (Å²) in [7, 11) is 2.87. The first kappa shape index (κ1) is 19.4. The van der Waals surface area contributed by atoms with Gasteiger partial charge in [-0.1, -0.05) is 15.9 Å². The second-order valence-corrected chi connectivity index (χ2v) is 6.62. The number of ether oxygens (including phenoxy) is 2. The van der Waals surface area contributed by atoms with Crippen molar-refractivity contribution in [2.24, 2.45) is 0 Å². The van der Waals surface area contributed by atoms with Gasteiger partial charge in [0.25, 0.3) is 11.8 Å². The summed E-state index contributed by atoms with van der Waals surface area (Å²) in [6.07, 6.45) is 1.20. The minimum Gasteiger partial charge on any atom is -0.504 e. The minimum absolute atomic E-state index is 0.160. The molecule has 0 aromatic heterocycles. The molecule has 8 nitrogen and oxygen atoms in total. The number of benzene rings is 2. The molecule has 0 radical (unpaired) electrons. The van der Waals surface area contributed by atoms with Crippen LogP contribution in [0.25, 0.3) is 6.08 Å². The van der Waals surface area contributed by atoms with E-state index in [4.69, 9.17) is 9.47 Å². The van der Waals surface area contributed by atoms with Crippen LogP contribution in [0.2, 0.25) is 0 Å². The lowest BCUT2D eigenvalue weighted by Gasteiger charge is -2.26. The molecule has 1 aliphatic heterocycles. The molecule has 2 N–H and O–H groups in total. The highest BCUT2D eigenvalue weighted by Gasteiger charge is 2.37. The predicted molar refractivity (Wildman–Crippen MR) is 104 cm³/mol. The number of rotatable bonds is 4. The van der Waals surface area contributed by atoms with Crippen molar-refractivity contribution in [2.75, 3.05) is 19.1 Å². The van der Waals surface area contributed by atoms with Gasteiger partial charge in [-0.25, -0.2) is 9.69 Å². The van der Waals surface area contributed by atoms with Crippen molar-refractivity contribution in [3.63, 3.8) is 0 Å². The maximum absolute atomic E-state index is 12.9. The molecule has 2 aromatic carbocycles. The molecule has 144 valence electrons. The summed E-state index contributed by atoms with van der Waals surface area (Å²) >= 11 is 3.27. The van der Waals surface area contributed by atoms with Gasteiger partial charge in [-0.05, 0) is 42.5 Å². The normalized spacial score (nSPS) is 15.6. The van der Waals surface area contributed by atoms with Crippen LogP contribution in [0.5, 0.6) is 17.2 Å². The summed E-state index contributed by atoms with van der Waals surface area (Å²) in [5.41, 5.74) is 0.123. The van der Waals surface area contributed by atoms with Crippen molar-refractivity contribution in [3.05, 3.63) is 52.0 Å². The van der Waals surface area contributed by atoms with E-state index < -0.39 is 17.8 Å². The zero-order valence-electron chi connectivity index (χ0n) is 14.9. The molecule has 9 heteroatoms. The van der Waals surface area contributed by atoms with Gasteiger partial charge in [-0.3, -0.25) is 14.9 Å². The summed E-state index contributed by atoms with van der Waals surface area (Å²) < 4.78 is 10.7. The predicted octanol–water partition coefficient (Wildman–Crippen LogP) is 2.84. The van der Waals surface area contributed by atoms with E-state index in [-0.39, 0.29) is 28.3 Å². The molecule has 4 amide bonds. The highest BCUT2D eigenvalue weighted by atomic mass is 79.9. The van der Waals surface area contributed by atoms with E-state index >= 15 is 0 Å². The van der Waals surface area contributed by atoms with Gasteiger partial charge in [0.15, 0.2) is 11.5 Å². The Hall–Kier alpha value is -3.33. The third-order valence-corrected chi connectivity index (χ3v) is 4.48. The third-order valence-electron chi connectivity index (χ3n) is 4.02. The van der Waals surface area contributed by atoms with Crippen LogP contribution in [-0.2, 0) is 9.59 Å². The van der Waals surface area contributed by atoms with E-state index in [1.54, 1.807) is 12.1 Å². The number of barbiturate groups is 1. The number of phenols is 1. The average molecular weight is 447 g/mol. The number of amides is 4. The molecular formula is C19H15BrN2O6. The molecule has 3 rings (SSSR count). The number of phenolic OH excluding ortho intramolecular Hbond substituents is 1. The van der Waals surface area contributed by atoms with Gasteiger partial charge in [0, 0.05) is 10.0 Å². The van der Waals surface area contributed by atoms with Gasteiger partial charge in [-0.2, -0.15) is 0 Å². The number of anilines is 1. The average Bonchev–Trinajstić information content (AvgIpc) is 2.67. The number of imide groups is 2. The van der Waals surface area contributed by atoms with Gasteiger partial charge >= 0.3 is 6.03 Å². The van der Waals surface area contributed by atoms with Crippen molar-refractivity contribution >= 4 is 45.5 Å². The van der Waals surface area contributed by atoms with Crippen molar-refractivity contribution in [3.8, 4) is 17.2 Å². The summed E-state index contributed by atoms with van der Waals surface area (Å²) in [6, 6.07) is 8.38. The van der Waals surface area contributed by atoms with E-state index in [1.165, 1.54) is 44.6 Å². The van der Waals surface area contributed by atoms with Crippen molar-refractivity contribution in [1.82, 2.24) is 5.32 Å². The number of hydrogen-bond donors (Lipinski definition) is 2. The van der Waals surface area contributed by atoms with Crippen LogP contribution >= 0.6 is 15.9 Å². The Balaban J connectivity index is 2.05. The summed E-state index contributed by atoms with van der Waals surface area (Å²) in [4.78, 5) is 38.2. The van der Waals surface area contributed by atoms with Gasteiger partial charge in [0.1, 0.15) is 11.3 Å². The molecule has 0 unspecified atom stereocenters. The standard InChI is InChI=1S/C19H15BrN2O6/c1-27-13-5-3-12(4-6-13)22-18(25)14(17(24)21-19(22)26)8-10-7-11(20)9-15(28-2)16(10)23/h3-9,23H,1-2H3,(H,21,24,26). The Bertz CT molecular complexity index is 1000. The summed E-state index contributed by atoms with van der Waals surface area (Å²) in [5, 5.41) is 12.4. The van der Waals surface area contributed by atoms with Crippen LogP contribution in [0, 0.1) is 0 Å². The third kappa shape index (κ3) is 3.56. The Labute approximate surface area is 168 Å². The highest BCUT2D eigenvalue weighted by molar-refractivity contribution is 9.10. The fourth-order valence-electron chi connectivity index (χ4n) is 2.64. The number of nitrogens with one attached hydrogen (secondary N) is 1. The number of aromatic hydroxyl groups is 1. The van der Waals surface area contributed by atoms with Gasteiger partial charge < -0.3 is 14.6 Å². The number of carbonyl (C=O) groups excluding carboxylic acids is 3. The molecule has 0 spiro atoms. The first-order valence-corrected chi connectivity index (χ1v) is 8.77. The van der Waals surface area contributed by atoms with Crippen molar-refractivity contribution < 1.29 is 29.0 Å². The van der Waals surface area contributed by atoms with Crippen LogP contribution in [0.4, 0.5) is 10.5 Å². The van der Waals surface area contributed by atoms with Crippen molar-refractivity contribution in [2.45, 2.75) is 0 Å². The fourth-order valence-corrected chi connectivity index (χ4v) is 3.09. The topological polar surface area (TPSA) is 105 Å². The Kier molecular flexibility index (Phi) is 5.36. The molecular weight excluding hydrogens is 432 g/mol. The maximum atomic E-state index is 12.9. The van der Waals surface area contributed by atoms with Gasteiger partial charge in [0.05, 0.1) is 19.9 Å². The lowest BCUT2D eigenvalue weighted by Crippen LogP contribution is -2.54. The zero-order valence-corrected chi connectivity index (χ0v) is 16.4. The number of hydrogen-bond acceptors (Lipinski definition) is 6. The molecule has 2 aromatic rings. The van der Waals surface area contributed by atoms with Gasteiger partial charge in [-0.15, -0.1) is 0 Å².